The van der Waals surface area contributed by atoms with E-state index in [1.54, 1.807) is 31.4 Å². The monoisotopic (exact) mass is 529 g/mol. The van der Waals surface area contributed by atoms with Gasteiger partial charge in [-0.25, -0.2) is 8.42 Å². The van der Waals surface area contributed by atoms with Crippen LogP contribution in [0.2, 0.25) is 0 Å². The molecule has 2 amide bonds. The molecule has 1 N–H and O–H groups in total. The lowest BCUT2D eigenvalue weighted by atomic mass is 10.1. The summed E-state index contributed by atoms with van der Waals surface area (Å²) >= 11 is 0. The molecule has 1 aliphatic rings. The summed E-state index contributed by atoms with van der Waals surface area (Å²) in [6, 6.07) is 12.1. The van der Waals surface area contributed by atoms with Gasteiger partial charge < -0.3 is 15.0 Å². The summed E-state index contributed by atoms with van der Waals surface area (Å²) in [6.07, 6.45) is 5.52. The molecule has 0 aliphatic heterocycles. The van der Waals surface area contributed by atoms with E-state index < -0.39 is 28.5 Å². The molecule has 9 heteroatoms. The fourth-order valence-corrected chi connectivity index (χ4v) is 5.76. The summed E-state index contributed by atoms with van der Waals surface area (Å²) in [4.78, 5) is 28.7. The minimum absolute atomic E-state index is 0.113. The Balaban J connectivity index is 1.94. The molecule has 1 saturated carbocycles. The molecule has 0 spiro atoms. The summed E-state index contributed by atoms with van der Waals surface area (Å²) in [7, 11) is -2.18. The molecule has 2 aromatic rings. The molecule has 1 fully saturated rings. The standard InChI is InChI=1S/C28H39N3O5S/c1-6-26(28(33)29-23-9-7-8-10-23)30(18-22-11-13-25(36-4)14-12-22)27(32)19-31(37(5,34)35)24-16-20(2)15-21(3)17-24/h11-17,23,26H,6-10,18-19H2,1-5H3,(H,29,33)/t26-/m0/s1. The fraction of sp³-hybridized carbons (Fsp3) is 0.500. The van der Waals surface area contributed by atoms with Crippen molar-refractivity contribution in [3.63, 3.8) is 0 Å². The molecule has 0 bridgehead atoms. The first-order chi connectivity index (χ1) is 17.5. The molecule has 0 saturated heterocycles. The van der Waals surface area contributed by atoms with E-state index in [1.165, 1.54) is 4.90 Å². The number of methoxy groups -OCH3 is 1. The Morgan fingerprint density at radius 3 is 2.16 bits per heavy atom. The third-order valence-electron chi connectivity index (χ3n) is 6.77. The van der Waals surface area contributed by atoms with Gasteiger partial charge in [0.1, 0.15) is 18.3 Å². The lowest BCUT2D eigenvalue weighted by Gasteiger charge is -2.33. The van der Waals surface area contributed by atoms with Gasteiger partial charge in [0.2, 0.25) is 21.8 Å². The highest BCUT2D eigenvalue weighted by atomic mass is 32.2. The van der Waals surface area contributed by atoms with E-state index in [1.807, 2.05) is 39.0 Å². The number of carbonyl (C=O) groups is 2. The lowest BCUT2D eigenvalue weighted by Crippen LogP contribution is -2.53. The quantitative estimate of drug-likeness (QED) is 0.476. The first kappa shape index (κ1) is 28.5. The largest absolute Gasteiger partial charge is 0.497 e. The number of rotatable bonds is 11. The van der Waals surface area contributed by atoms with Crippen molar-refractivity contribution in [1.82, 2.24) is 10.2 Å². The molecule has 3 rings (SSSR count). The van der Waals surface area contributed by atoms with E-state index in [-0.39, 0.29) is 18.5 Å². The van der Waals surface area contributed by atoms with Crippen molar-refractivity contribution in [2.24, 2.45) is 0 Å². The number of carbonyl (C=O) groups excluding carboxylic acids is 2. The van der Waals surface area contributed by atoms with Gasteiger partial charge in [0.05, 0.1) is 19.1 Å². The summed E-state index contributed by atoms with van der Waals surface area (Å²) in [5.41, 5.74) is 3.04. The maximum Gasteiger partial charge on any atom is 0.244 e. The van der Waals surface area contributed by atoms with Crippen LogP contribution in [0.3, 0.4) is 0 Å². The van der Waals surface area contributed by atoms with E-state index >= 15 is 0 Å². The average Bonchev–Trinajstić information content (AvgIpc) is 3.34. The molecule has 1 aliphatic carbocycles. The number of anilines is 1. The Morgan fingerprint density at radius 1 is 1.05 bits per heavy atom. The van der Waals surface area contributed by atoms with Crippen molar-refractivity contribution in [3.05, 3.63) is 59.2 Å². The summed E-state index contributed by atoms with van der Waals surface area (Å²) < 4.78 is 32.0. The number of nitrogens with zero attached hydrogens (tertiary/aromatic N) is 2. The number of nitrogens with one attached hydrogen (secondary N) is 1. The Hall–Kier alpha value is -3.07. The van der Waals surface area contributed by atoms with Gasteiger partial charge in [0.25, 0.3) is 0 Å². The van der Waals surface area contributed by atoms with Crippen molar-refractivity contribution >= 4 is 27.5 Å². The molecule has 8 nitrogen and oxygen atoms in total. The van der Waals surface area contributed by atoms with Crippen LogP contribution in [0.1, 0.15) is 55.7 Å². The van der Waals surface area contributed by atoms with E-state index in [0.717, 1.165) is 52.9 Å². The van der Waals surface area contributed by atoms with E-state index in [9.17, 15) is 18.0 Å². The highest BCUT2D eigenvalue weighted by molar-refractivity contribution is 7.92. The average molecular weight is 530 g/mol. The molecule has 1 atom stereocenters. The second-order valence-electron chi connectivity index (χ2n) is 9.90. The normalized spacial score (nSPS) is 14.7. The van der Waals surface area contributed by atoms with Crippen molar-refractivity contribution in [2.75, 3.05) is 24.2 Å². The topological polar surface area (TPSA) is 96.0 Å². The summed E-state index contributed by atoms with van der Waals surface area (Å²) in [5, 5.41) is 3.11. The number of benzene rings is 2. The van der Waals surface area contributed by atoms with Crippen LogP contribution < -0.4 is 14.4 Å². The predicted octanol–water partition coefficient (Wildman–Crippen LogP) is 3.94. The van der Waals surface area contributed by atoms with Crippen LogP contribution in [-0.4, -0.2) is 57.1 Å². The summed E-state index contributed by atoms with van der Waals surface area (Å²) in [6.45, 7) is 5.41. The van der Waals surface area contributed by atoms with Crippen LogP contribution in [0.5, 0.6) is 5.75 Å². The van der Waals surface area contributed by atoms with Crippen molar-refractivity contribution in [1.29, 1.82) is 0 Å². The smallest absolute Gasteiger partial charge is 0.244 e. The zero-order valence-corrected chi connectivity index (χ0v) is 23.3. The number of ether oxygens (including phenoxy) is 1. The molecule has 0 radical (unpaired) electrons. The van der Waals surface area contributed by atoms with Gasteiger partial charge in [-0.15, -0.1) is 0 Å². The Labute approximate surface area is 221 Å². The Morgan fingerprint density at radius 2 is 1.65 bits per heavy atom. The van der Waals surface area contributed by atoms with Gasteiger partial charge >= 0.3 is 0 Å². The van der Waals surface area contributed by atoms with E-state index in [2.05, 4.69) is 5.32 Å². The third-order valence-corrected chi connectivity index (χ3v) is 7.91. The van der Waals surface area contributed by atoms with Crippen LogP contribution in [0.25, 0.3) is 0 Å². The highest BCUT2D eigenvalue weighted by Gasteiger charge is 2.33. The number of amides is 2. The molecule has 0 aromatic heterocycles. The molecule has 202 valence electrons. The maximum atomic E-state index is 13.8. The van der Waals surface area contributed by atoms with Crippen molar-refractivity contribution < 1.29 is 22.7 Å². The number of hydrogen-bond acceptors (Lipinski definition) is 5. The van der Waals surface area contributed by atoms with Gasteiger partial charge in [-0.05, 0) is 74.1 Å². The van der Waals surface area contributed by atoms with Gasteiger partial charge in [0, 0.05) is 12.6 Å². The number of sulfonamides is 1. The summed E-state index contributed by atoms with van der Waals surface area (Å²) in [5.74, 6) is 0.0492. The van der Waals surface area contributed by atoms with Gasteiger partial charge in [-0.3, -0.25) is 13.9 Å². The zero-order valence-electron chi connectivity index (χ0n) is 22.5. The van der Waals surface area contributed by atoms with Crippen LogP contribution in [0, 0.1) is 13.8 Å². The molecule has 2 aromatic carbocycles. The first-order valence-electron chi connectivity index (χ1n) is 12.8. The molecule has 37 heavy (non-hydrogen) atoms. The third kappa shape index (κ3) is 7.71. The molecular weight excluding hydrogens is 490 g/mol. The fourth-order valence-electron chi connectivity index (χ4n) is 4.92. The Bertz CT molecular complexity index is 1170. The van der Waals surface area contributed by atoms with E-state index in [4.69, 9.17) is 4.74 Å². The lowest BCUT2D eigenvalue weighted by molar-refractivity contribution is -0.140. The van der Waals surface area contributed by atoms with Crippen LogP contribution >= 0.6 is 0 Å². The van der Waals surface area contributed by atoms with Crippen LogP contribution in [-0.2, 0) is 26.2 Å². The molecule has 0 heterocycles. The van der Waals surface area contributed by atoms with Crippen molar-refractivity contribution in [3.8, 4) is 5.75 Å². The van der Waals surface area contributed by atoms with Crippen LogP contribution in [0.15, 0.2) is 42.5 Å². The van der Waals surface area contributed by atoms with Crippen molar-refractivity contribution in [2.45, 2.75) is 71.5 Å². The molecule has 0 unspecified atom stereocenters. The zero-order chi connectivity index (χ0) is 27.2. The number of hydrogen-bond donors (Lipinski definition) is 1. The minimum atomic E-state index is -3.76. The van der Waals surface area contributed by atoms with Gasteiger partial charge in [-0.2, -0.15) is 0 Å². The molecular formula is C28H39N3O5S. The maximum absolute atomic E-state index is 13.8. The second kappa shape index (κ2) is 12.4. The minimum Gasteiger partial charge on any atom is -0.497 e. The van der Waals surface area contributed by atoms with Gasteiger partial charge in [-0.1, -0.05) is 38.0 Å². The van der Waals surface area contributed by atoms with Gasteiger partial charge in [0.15, 0.2) is 0 Å². The second-order valence-corrected chi connectivity index (χ2v) is 11.8. The van der Waals surface area contributed by atoms with Crippen LogP contribution in [0.4, 0.5) is 5.69 Å². The predicted molar refractivity (Wildman–Crippen MR) is 146 cm³/mol. The highest BCUT2D eigenvalue weighted by Crippen LogP contribution is 2.24. The van der Waals surface area contributed by atoms with E-state index in [0.29, 0.717) is 17.9 Å². The Kier molecular flexibility index (Phi) is 9.59. The first-order valence-corrected chi connectivity index (χ1v) is 14.7. The SMILES string of the molecule is CC[C@@H](C(=O)NC1CCCC1)N(Cc1ccc(OC)cc1)C(=O)CN(c1cc(C)cc(C)c1)S(C)(=O)=O. The number of aryl methyl sites for hydroxylation is 2.